The maximum Gasteiger partial charge on any atom is 0.266 e. The summed E-state index contributed by atoms with van der Waals surface area (Å²) in [4.78, 5) is 31.0. The van der Waals surface area contributed by atoms with Crippen molar-refractivity contribution in [2.75, 3.05) is 18.4 Å². The van der Waals surface area contributed by atoms with Crippen molar-refractivity contribution in [1.29, 1.82) is 0 Å². The third-order valence-corrected chi connectivity index (χ3v) is 12.7. The monoisotopic (exact) mass is 778 g/mol. The zero-order valence-electron chi connectivity index (χ0n) is 31.2. The molecule has 56 heavy (non-hydrogen) atoms. The van der Waals surface area contributed by atoms with Crippen molar-refractivity contribution in [3.8, 4) is 0 Å². The molecule has 7 unspecified atom stereocenters. The number of rotatable bonds is 10. The Hall–Kier alpha value is -4.85. The number of nitrogens with zero attached hydrogens (tertiary/aromatic N) is 3. The molecule has 8 nitrogen and oxygen atoms in total. The number of aryl methyl sites for hydroxylation is 1. The number of alkyl halides is 5. The normalized spacial score (nSPS) is 31.0. The smallest absolute Gasteiger partial charge is 0.266 e. The van der Waals surface area contributed by atoms with Crippen molar-refractivity contribution in [2.24, 2.45) is 28.6 Å². The second kappa shape index (κ2) is 15.2. The number of pyridine rings is 1. The van der Waals surface area contributed by atoms with Crippen molar-refractivity contribution in [2.45, 2.75) is 76.9 Å². The molecule has 296 valence electrons. The number of aromatic nitrogens is 3. The van der Waals surface area contributed by atoms with Gasteiger partial charge in [0.15, 0.2) is 5.82 Å². The van der Waals surface area contributed by atoms with Crippen molar-refractivity contribution in [3.63, 3.8) is 0 Å². The van der Waals surface area contributed by atoms with Crippen LogP contribution in [0.4, 0.5) is 32.2 Å². The molecule has 7 rings (SSSR count). The Balaban J connectivity index is 1.31. The Morgan fingerprint density at radius 2 is 1.79 bits per heavy atom. The Morgan fingerprint density at radius 1 is 1.02 bits per heavy atom. The maximum absolute atomic E-state index is 16.9. The second-order valence-electron chi connectivity index (χ2n) is 15.7. The molecule has 2 amide bonds. The molecule has 4 heterocycles. The van der Waals surface area contributed by atoms with E-state index in [0.29, 0.717) is 48.1 Å². The molecule has 2 saturated heterocycles. The van der Waals surface area contributed by atoms with Crippen LogP contribution in [-0.4, -0.2) is 52.7 Å². The number of nitrogens with one attached hydrogen (secondary N) is 3. The first-order valence-electron chi connectivity index (χ1n) is 18.9. The molecule has 0 spiro atoms. The third-order valence-electron chi connectivity index (χ3n) is 12.7. The van der Waals surface area contributed by atoms with Gasteiger partial charge in [0.2, 0.25) is 11.8 Å². The molecule has 2 aliphatic carbocycles. The van der Waals surface area contributed by atoms with Crippen LogP contribution in [0.15, 0.2) is 79.1 Å². The zero-order valence-corrected chi connectivity index (χ0v) is 31.2. The van der Waals surface area contributed by atoms with Gasteiger partial charge in [0.1, 0.15) is 17.4 Å². The molecular formula is C42H44F6N6O2. The van der Waals surface area contributed by atoms with E-state index in [9.17, 15) is 18.4 Å². The van der Waals surface area contributed by atoms with Crippen molar-refractivity contribution >= 4 is 28.4 Å². The number of amides is 2. The average molecular weight is 779 g/mol. The number of piperidine rings is 2. The van der Waals surface area contributed by atoms with Crippen LogP contribution in [0.2, 0.25) is 0 Å². The third kappa shape index (κ3) is 6.62. The Bertz CT molecular complexity index is 2140. The number of allylic oxidation sites excluding steroid dienone is 8. The molecule has 2 aromatic heterocycles. The highest BCUT2D eigenvalue weighted by Gasteiger charge is 2.62. The molecule has 14 heteroatoms. The van der Waals surface area contributed by atoms with Gasteiger partial charge in [-0.25, -0.2) is 26.3 Å². The van der Waals surface area contributed by atoms with E-state index in [4.69, 9.17) is 4.98 Å². The number of carbonyl (C=O) groups excluding carboxylic acids is 2. The Labute approximate surface area is 321 Å². The van der Waals surface area contributed by atoms with Crippen molar-refractivity contribution < 1.29 is 35.9 Å². The first-order valence-corrected chi connectivity index (χ1v) is 18.9. The Morgan fingerprint density at radius 3 is 2.50 bits per heavy atom. The van der Waals surface area contributed by atoms with E-state index in [-0.39, 0.29) is 36.1 Å². The van der Waals surface area contributed by atoms with Crippen molar-refractivity contribution in [3.05, 3.63) is 107 Å². The number of anilines is 1. The average Bonchev–Trinajstić information content (AvgIpc) is 3.18. The molecule has 4 aliphatic rings. The lowest BCUT2D eigenvalue weighted by atomic mass is 9.49. The van der Waals surface area contributed by atoms with E-state index in [2.05, 4.69) is 26.1 Å². The molecule has 0 radical (unpaired) electrons. The van der Waals surface area contributed by atoms with Gasteiger partial charge < -0.3 is 10.6 Å². The van der Waals surface area contributed by atoms with Crippen molar-refractivity contribution in [1.82, 2.24) is 25.8 Å². The summed E-state index contributed by atoms with van der Waals surface area (Å²) in [5, 5.41) is 18.4. The molecule has 2 aliphatic heterocycles. The first-order chi connectivity index (χ1) is 26.7. The molecule has 0 saturated carbocycles. The number of hydrogen-bond acceptors (Lipinski definition) is 7. The van der Waals surface area contributed by atoms with Gasteiger partial charge in [-0.15, -0.1) is 5.10 Å². The molecule has 1 aromatic carbocycles. The predicted octanol–water partition coefficient (Wildman–Crippen LogP) is 8.34. The zero-order chi connectivity index (χ0) is 40.0. The van der Waals surface area contributed by atoms with Crippen LogP contribution in [-0.2, 0) is 15.0 Å². The largest absolute Gasteiger partial charge is 0.361 e. The summed E-state index contributed by atoms with van der Waals surface area (Å²) in [5.41, 5.74) is -4.38. The van der Waals surface area contributed by atoms with E-state index >= 15 is 17.6 Å². The van der Waals surface area contributed by atoms with Crippen LogP contribution < -0.4 is 16.0 Å². The molecule has 0 bridgehead atoms. The van der Waals surface area contributed by atoms with Gasteiger partial charge in [-0.3, -0.25) is 19.9 Å². The van der Waals surface area contributed by atoms with Crippen LogP contribution in [0.1, 0.15) is 74.5 Å². The number of benzene rings is 1. The first kappa shape index (κ1) is 39.4. The summed E-state index contributed by atoms with van der Waals surface area (Å²) in [6, 6.07) is 4.71. The fraction of sp³-hybridized carbons (Fsp3) is 0.452. The van der Waals surface area contributed by atoms with E-state index in [0.717, 1.165) is 6.07 Å². The number of carbonyl (C=O) groups is 2. The molecular weight excluding hydrogens is 734 g/mol. The quantitative estimate of drug-likeness (QED) is 0.140. The number of halogens is 6. The summed E-state index contributed by atoms with van der Waals surface area (Å²) < 4.78 is 89.4. The van der Waals surface area contributed by atoms with Crippen LogP contribution in [0, 0.1) is 41.3 Å². The fourth-order valence-electron chi connectivity index (χ4n) is 9.64. The SMILES string of the molecule is Cc1nnc(N[C@H](C)c2cccc(C(F)F)c2F)c2cc(C3(CC4CNCCC4C4(C5CC(=O)NC(=O)C5(C)C(F)F)C=CC=CC4)C=CC=CC3F)ncc12. The van der Waals surface area contributed by atoms with Gasteiger partial charge in [0, 0.05) is 29.0 Å². The van der Waals surface area contributed by atoms with E-state index in [1.165, 1.54) is 25.1 Å². The lowest BCUT2D eigenvalue weighted by molar-refractivity contribution is -0.167. The van der Waals surface area contributed by atoms with Gasteiger partial charge in [0.25, 0.3) is 12.9 Å². The minimum Gasteiger partial charge on any atom is -0.361 e. The minimum atomic E-state index is -3.05. The summed E-state index contributed by atoms with van der Waals surface area (Å²) in [5.74, 6) is -4.14. The summed E-state index contributed by atoms with van der Waals surface area (Å²) in [6.07, 6.45) is 8.70. The standard InChI is InChI=1S/C42H44F6N6O2/c1-23(26-10-9-11-27(35(26)44)36(45)46)51-37-28-18-33(50-22-29(28)24(2)53-54-37)42(16-8-5-12-32(42)43)20-25-21-49-17-13-30(25)41(14-6-4-7-15-41)31-19-34(55)52-39(56)40(31,3)38(47)48/h4-12,14,16,18,22-23,25,30-32,36,38,49H,13,15,17,19-21H2,1-3H3,(H,51,54)(H,52,55,56)/t23-,25?,30?,31?,32?,40?,41?,42?/m1/s1. The summed E-state index contributed by atoms with van der Waals surface area (Å²) in [6.45, 7) is 5.56. The maximum atomic E-state index is 16.9. The number of fused-ring (bicyclic) bond motifs is 1. The van der Waals surface area contributed by atoms with Gasteiger partial charge >= 0.3 is 0 Å². The molecule has 8 atom stereocenters. The van der Waals surface area contributed by atoms with Crippen LogP contribution in [0.5, 0.6) is 0 Å². The second-order valence-corrected chi connectivity index (χ2v) is 15.7. The lowest BCUT2D eigenvalue weighted by Crippen LogP contribution is -2.62. The number of imide groups is 1. The lowest BCUT2D eigenvalue weighted by Gasteiger charge is -2.56. The number of hydrogen-bond donors (Lipinski definition) is 3. The van der Waals surface area contributed by atoms with Gasteiger partial charge in [-0.1, -0.05) is 60.7 Å². The van der Waals surface area contributed by atoms with Gasteiger partial charge in [-0.2, -0.15) is 5.10 Å². The van der Waals surface area contributed by atoms with Crippen LogP contribution in [0.25, 0.3) is 10.8 Å². The Kier molecular flexibility index (Phi) is 10.7. The van der Waals surface area contributed by atoms with E-state index < -0.39 is 70.4 Å². The van der Waals surface area contributed by atoms with E-state index in [1.54, 1.807) is 50.4 Å². The predicted molar refractivity (Wildman–Crippen MR) is 200 cm³/mol. The van der Waals surface area contributed by atoms with Gasteiger partial charge in [-0.05, 0) is 88.4 Å². The minimum absolute atomic E-state index is 0.00436. The molecule has 3 N–H and O–H groups in total. The summed E-state index contributed by atoms with van der Waals surface area (Å²) >= 11 is 0. The highest BCUT2D eigenvalue weighted by Crippen LogP contribution is 2.59. The van der Waals surface area contributed by atoms with Crippen LogP contribution >= 0.6 is 0 Å². The van der Waals surface area contributed by atoms with E-state index in [1.807, 2.05) is 18.2 Å². The molecule has 3 aromatic rings. The topological polar surface area (TPSA) is 109 Å². The van der Waals surface area contributed by atoms with Gasteiger partial charge in [0.05, 0.1) is 28.4 Å². The summed E-state index contributed by atoms with van der Waals surface area (Å²) in [7, 11) is 0. The fourth-order valence-corrected chi connectivity index (χ4v) is 9.64. The highest BCUT2D eigenvalue weighted by molar-refractivity contribution is 6.01. The highest BCUT2D eigenvalue weighted by atomic mass is 19.3. The van der Waals surface area contributed by atoms with Crippen LogP contribution in [0.3, 0.4) is 0 Å². The molecule has 2 fully saturated rings.